The molecule has 0 radical (unpaired) electrons. The molecule has 0 fully saturated rings. The number of benzene rings is 2. The van der Waals surface area contributed by atoms with E-state index < -0.39 is 6.10 Å². The standard InChI is InChI=1S/C20H23BrN2O4/c1-5-26-18-9-7-15(11-19(18)25-4)12-22-23-20(24)14(3)27-17-8-6-13(2)10-16(17)21/h6-12,14H,5H2,1-4H3,(H,23,24). The molecule has 7 heteroatoms. The summed E-state index contributed by atoms with van der Waals surface area (Å²) in [6, 6.07) is 11.1. The number of nitrogens with one attached hydrogen (secondary N) is 1. The molecule has 0 bridgehead atoms. The lowest BCUT2D eigenvalue weighted by atomic mass is 10.2. The second-order valence-corrected chi connectivity index (χ2v) is 6.63. The molecule has 0 saturated carbocycles. The molecule has 2 aromatic carbocycles. The minimum Gasteiger partial charge on any atom is -0.493 e. The van der Waals surface area contributed by atoms with Gasteiger partial charge in [-0.3, -0.25) is 4.79 Å². The highest BCUT2D eigenvalue weighted by molar-refractivity contribution is 9.10. The number of halogens is 1. The van der Waals surface area contributed by atoms with Crippen molar-refractivity contribution in [1.29, 1.82) is 0 Å². The van der Waals surface area contributed by atoms with Crippen molar-refractivity contribution in [3.63, 3.8) is 0 Å². The zero-order chi connectivity index (χ0) is 19.8. The third kappa shape index (κ3) is 5.99. The van der Waals surface area contributed by atoms with Crippen LogP contribution < -0.4 is 19.6 Å². The summed E-state index contributed by atoms with van der Waals surface area (Å²) in [6.45, 7) is 6.10. The van der Waals surface area contributed by atoms with Gasteiger partial charge in [0.25, 0.3) is 5.91 Å². The van der Waals surface area contributed by atoms with E-state index in [1.54, 1.807) is 26.2 Å². The fourth-order valence-electron chi connectivity index (χ4n) is 2.25. The minimum absolute atomic E-state index is 0.350. The van der Waals surface area contributed by atoms with Crippen molar-refractivity contribution in [3.8, 4) is 17.2 Å². The van der Waals surface area contributed by atoms with E-state index in [2.05, 4.69) is 26.5 Å². The zero-order valence-corrected chi connectivity index (χ0v) is 17.4. The van der Waals surface area contributed by atoms with Crippen molar-refractivity contribution >= 4 is 28.1 Å². The highest BCUT2D eigenvalue weighted by atomic mass is 79.9. The molecule has 1 atom stereocenters. The van der Waals surface area contributed by atoms with Crippen LogP contribution in [0.15, 0.2) is 46.0 Å². The van der Waals surface area contributed by atoms with Crippen molar-refractivity contribution < 1.29 is 19.0 Å². The molecule has 2 aromatic rings. The van der Waals surface area contributed by atoms with E-state index in [0.717, 1.165) is 15.6 Å². The fourth-order valence-corrected chi connectivity index (χ4v) is 2.83. The zero-order valence-electron chi connectivity index (χ0n) is 15.8. The third-order valence-corrected chi connectivity index (χ3v) is 4.26. The number of aryl methyl sites for hydroxylation is 1. The van der Waals surface area contributed by atoms with Gasteiger partial charge in [-0.2, -0.15) is 5.10 Å². The number of nitrogens with zero attached hydrogens (tertiary/aromatic N) is 1. The molecule has 0 aromatic heterocycles. The Kier molecular flexibility index (Phi) is 7.67. The Hall–Kier alpha value is -2.54. The maximum atomic E-state index is 12.2. The van der Waals surface area contributed by atoms with Crippen LogP contribution in [0, 0.1) is 6.92 Å². The Labute approximate surface area is 167 Å². The summed E-state index contributed by atoms with van der Waals surface area (Å²) >= 11 is 3.43. The van der Waals surface area contributed by atoms with Crippen LogP contribution >= 0.6 is 15.9 Å². The van der Waals surface area contributed by atoms with Gasteiger partial charge in [-0.05, 0) is 78.2 Å². The molecule has 2 rings (SSSR count). The summed E-state index contributed by atoms with van der Waals surface area (Å²) in [4.78, 5) is 12.2. The Morgan fingerprint density at radius 3 is 2.63 bits per heavy atom. The summed E-state index contributed by atoms with van der Waals surface area (Å²) in [5.41, 5.74) is 4.35. The van der Waals surface area contributed by atoms with Crippen LogP contribution in [0.2, 0.25) is 0 Å². The van der Waals surface area contributed by atoms with Crippen LogP contribution in [0.1, 0.15) is 25.0 Å². The Morgan fingerprint density at radius 2 is 1.96 bits per heavy atom. The molecule has 1 N–H and O–H groups in total. The molecule has 0 heterocycles. The molecule has 1 unspecified atom stereocenters. The summed E-state index contributed by atoms with van der Waals surface area (Å²) in [6.07, 6.45) is 0.834. The fraction of sp³-hybridized carbons (Fsp3) is 0.300. The number of amides is 1. The topological polar surface area (TPSA) is 69.2 Å². The molecule has 0 spiro atoms. The van der Waals surface area contributed by atoms with Crippen molar-refractivity contribution in [2.45, 2.75) is 26.9 Å². The van der Waals surface area contributed by atoms with Gasteiger partial charge in [0.15, 0.2) is 17.6 Å². The summed E-state index contributed by atoms with van der Waals surface area (Å²) < 4.78 is 17.2. The van der Waals surface area contributed by atoms with Gasteiger partial charge in [0.2, 0.25) is 0 Å². The molecule has 0 saturated heterocycles. The minimum atomic E-state index is -0.698. The van der Waals surface area contributed by atoms with Crippen LogP contribution in [0.4, 0.5) is 0 Å². The monoisotopic (exact) mass is 434 g/mol. The Bertz CT molecular complexity index is 824. The number of carbonyl (C=O) groups is 1. The van der Waals surface area contributed by atoms with E-state index in [0.29, 0.717) is 23.9 Å². The van der Waals surface area contributed by atoms with Gasteiger partial charge in [-0.25, -0.2) is 5.43 Å². The second kappa shape index (κ2) is 9.97. The quantitative estimate of drug-likeness (QED) is 0.501. The van der Waals surface area contributed by atoms with E-state index >= 15 is 0 Å². The van der Waals surface area contributed by atoms with E-state index in [4.69, 9.17) is 14.2 Å². The van der Waals surface area contributed by atoms with Crippen molar-refractivity contribution in [2.24, 2.45) is 5.10 Å². The highest BCUT2D eigenvalue weighted by Gasteiger charge is 2.15. The van der Waals surface area contributed by atoms with Crippen LogP contribution in [-0.2, 0) is 4.79 Å². The number of hydrogen-bond acceptors (Lipinski definition) is 5. The average molecular weight is 435 g/mol. The van der Waals surface area contributed by atoms with Crippen LogP contribution in [-0.4, -0.2) is 31.9 Å². The molecule has 0 aliphatic carbocycles. The maximum Gasteiger partial charge on any atom is 0.280 e. The van der Waals surface area contributed by atoms with E-state index in [1.807, 2.05) is 38.1 Å². The number of carbonyl (C=O) groups excluding carboxylic acids is 1. The normalized spacial score (nSPS) is 11.9. The molecule has 0 aliphatic heterocycles. The molecule has 1 amide bonds. The molecule has 0 aliphatic rings. The first kappa shape index (κ1) is 20.8. The average Bonchev–Trinajstić information content (AvgIpc) is 2.65. The number of hydrogen-bond donors (Lipinski definition) is 1. The summed E-state index contributed by atoms with van der Waals surface area (Å²) in [5, 5.41) is 3.98. The first-order valence-electron chi connectivity index (χ1n) is 8.51. The van der Waals surface area contributed by atoms with Gasteiger partial charge >= 0.3 is 0 Å². The number of rotatable bonds is 8. The second-order valence-electron chi connectivity index (χ2n) is 5.77. The van der Waals surface area contributed by atoms with Gasteiger partial charge < -0.3 is 14.2 Å². The molecule has 6 nitrogen and oxygen atoms in total. The maximum absolute atomic E-state index is 12.2. The Balaban J connectivity index is 1.95. The van der Waals surface area contributed by atoms with Crippen molar-refractivity contribution in [2.75, 3.05) is 13.7 Å². The van der Waals surface area contributed by atoms with Gasteiger partial charge in [0, 0.05) is 0 Å². The first-order valence-corrected chi connectivity index (χ1v) is 9.30. The summed E-state index contributed by atoms with van der Waals surface area (Å²) in [5.74, 6) is 1.51. The van der Waals surface area contributed by atoms with Gasteiger partial charge in [-0.15, -0.1) is 0 Å². The molecule has 27 heavy (non-hydrogen) atoms. The van der Waals surface area contributed by atoms with Crippen molar-refractivity contribution in [3.05, 3.63) is 52.0 Å². The van der Waals surface area contributed by atoms with Crippen LogP contribution in [0.3, 0.4) is 0 Å². The third-order valence-electron chi connectivity index (χ3n) is 3.64. The van der Waals surface area contributed by atoms with Crippen LogP contribution in [0.25, 0.3) is 0 Å². The lowest BCUT2D eigenvalue weighted by molar-refractivity contribution is -0.127. The van der Waals surface area contributed by atoms with Gasteiger partial charge in [-0.1, -0.05) is 6.07 Å². The molecular weight excluding hydrogens is 412 g/mol. The Morgan fingerprint density at radius 1 is 1.22 bits per heavy atom. The van der Waals surface area contributed by atoms with Crippen molar-refractivity contribution in [1.82, 2.24) is 5.43 Å². The molecule has 144 valence electrons. The predicted molar refractivity (Wildman–Crippen MR) is 109 cm³/mol. The van der Waals surface area contributed by atoms with Crippen LogP contribution in [0.5, 0.6) is 17.2 Å². The lowest BCUT2D eigenvalue weighted by Gasteiger charge is -2.14. The smallest absolute Gasteiger partial charge is 0.280 e. The lowest BCUT2D eigenvalue weighted by Crippen LogP contribution is -2.33. The largest absolute Gasteiger partial charge is 0.493 e. The van der Waals surface area contributed by atoms with E-state index in [-0.39, 0.29) is 5.91 Å². The van der Waals surface area contributed by atoms with E-state index in [1.165, 1.54) is 6.21 Å². The molecular formula is C20H23BrN2O4. The van der Waals surface area contributed by atoms with Gasteiger partial charge in [0.1, 0.15) is 5.75 Å². The number of methoxy groups -OCH3 is 1. The first-order chi connectivity index (χ1) is 12.9. The predicted octanol–water partition coefficient (Wildman–Crippen LogP) is 4.08. The number of hydrazone groups is 1. The number of ether oxygens (including phenoxy) is 3. The summed E-state index contributed by atoms with van der Waals surface area (Å²) in [7, 11) is 1.57. The highest BCUT2D eigenvalue weighted by Crippen LogP contribution is 2.28. The van der Waals surface area contributed by atoms with E-state index in [9.17, 15) is 4.79 Å². The SMILES string of the molecule is CCOc1ccc(C=NNC(=O)C(C)Oc2ccc(C)cc2Br)cc1OC. The van der Waals surface area contributed by atoms with Gasteiger partial charge in [0.05, 0.1) is 24.4 Å².